The molecule has 1 fully saturated rings. The van der Waals surface area contributed by atoms with E-state index < -0.39 is 0 Å². The number of anilines is 1. The molecule has 1 saturated carbocycles. The summed E-state index contributed by atoms with van der Waals surface area (Å²) in [5, 5.41) is 1.56. The summed E-state index contributed by atoms with van der Waals surface area (Å²) < 4.78 is 2.29. The highest BCUT2D eigenvalue weighted by Crippen LogP contribution is 2.57. The minimum absolute atomic E-state index is 0.215. The number of pyridine rings is 2. The maximum absolute atomic E-state index is 13.2. The van der Waals surface area contributed by atoms with Gasteiger partial charge in [-0.2, -0.15) is 11.8 Å². The Morgan fingerprint density at radius 3 is 2.93 bits per heavy atom. The van der Waals surface area contributed by atoms with Crippen molar-refractivity contribution in [2.45, 2.75) is 37.8 Å². The van der Waals surface area contributed by atoms with Crippen molar-refractivity contribution in [1.29, 1.82) is 0 Å². The molecule has 5 nitrogen and oxygen atoms in total. The lowest BCUT2D eigenvalue weighted by atomic mass is 9.99. The first kappa shape index (κ1) is 18.0. The van der Waals surface area contributed by atoms with E-state index >= 15 is 0 Å². The zero-order valence-electron chi connectivity index (χ0n) is 15.7. The minimum atomic E-state index is -0.293. The van der Waals surface area contributed by atoms with Crippen LogP contribution in [-0.4, -0.2) is 32.5 Å². The number of carbonyl (C=O) groups excluding carboxylic acids is 1. The van der Waals surface area contributed by atoms with E-state index in [1.54, 1.807) is 6.20 Å². The fraction of sp³-hybridized carbons (Fsp3) is 0.381. The molecule has 4 heterocycles. The quantitative estimate of drug-likeness (QED) is 0.444. The number of hydrogen-bond acceptors (Lipinski definition) is 4. The average molecular weight is 413 g/mol. The van der Waals surface area contributed by atoms with E-state index in [1.807, 2.05) is 41.2 Å². The Hall–Kier alpha value is -2.05. The van der Waals surface area contributed by atoms with Crippen molar-refractivity contribution >= 4 is 45.9 Å². The molecule has 1 aliphatic heterocycles. The van der Waals surface area contributed by atoms with Crippen LogP contribution in [0.15, 0.2) is 36.8 Å². The van der Waals surface area contributed by atoms with E-state index in [2.05, 4.69) is 26.9 Å². The zero-order chi connectivity index (χ0) is 19.3. The number of amides is 1. The van der Waals surface area contributed by atoms with Crippen molar-refractivity contribution in [2.75, 3.05) is 16.9 Å². The van der Waals surface area contributed by atoms with Crippen molar-refractivity contribution in [1.82, 2.24) is 14.5 Å². The molecule has 0 N–H and O–H groups in total. The van der Waals surface area contributed by atoms with Crippen LogP contribution in [0.4, 0.5) is 5.69 Å². The molecule has 0 radical (unpaired) electrons. The molecule has 3 aromatic heterocycles. The maximum atomic E-state index is 13.2. The second kappa shape index (κ2) is 6.78. The Morgan fingerprint density at radius 2 is 2.14 bits per heavy atom. The molecule has 1 amide bonds. The molecule has 0 atom stereocenters. The van der Waals surface area contributed by atoms with E-state index in [0.29, 0.717) is 11.7 Å². The number of nitrogens with zero attached hydrogens (tertiary/aromatic N) is 4. The third-order valence-corrected chi connectivity index (χ3v) is 6.81. The molecule has 5 rings (SSSR count). The number of carbonyl (C=O) groups is 1. The van der Waals surface area contributed by atoms with Crippen molar-refractivity contribution in [2.24, 2.45) is 0 Å². The lowest BCUT2D eigenvalue weighted by Crippen LogP contribution is -2.32. The predicted molar refractivity (Wildman–Crippen MR) is 114 cm³/mol. The van der Waals surface area contributed by atoms with Crippen LogP contribution >= 0.6 is 23.4 Å². The van der Waals surface area contributed by atoms with Crippen molar-refractivity contribution in [3.63, 3.8) is 0 Å². The molecular weight excluding hydrogens is 392 g/mol. The molecule has 0 saturated heterocycles. The van der Waals surface area contributed by atoms with Crippen molar-refractivity contribution < 1.29 is 4.79 Å². The van der Waals surface area contributed by atoms with Gasteiger partial charge in [-0.25, -0.2) is 4.98 Å². The molecule has 1 spiro atoms. The highest BCUT2D eigenvalue weighted by molar-refractivity contribution is 7.98. The van der Waals surface area contributed by atoms with Gasteiger partial charge in [0.2, 0.25) is 5.91 Å². The first-order valence-electron chi connectivity index (χ1n) is 9.53. The summed E-state index contributed by atoms with van der Waals surface area (Å²) in [6.07, 6.45) is 10.5. The van der Waals surface area contributed by atoms with Crippen LogP contribution in [-0.2, 0) is 23.3 Å². The Kier molecular flexibility index (Phi) is 4.36. The lowest BCUT2D eigenvalue weighted by Gasteiger charge is -2.19. The van der Waals surface area contributed by atoms with Gasteiger partial charge in [0.25, 0.3) is 0 Å². The highest BCUT2D eigenvalue weighted by atomic mass is 35.5. The van der Waals surface area contributed by atoms with Crippen LogP contribution in [0, 0.1) is 0 Å². The number of rotatable bonds is 6. The van der Waals surface area contributed by atoms with Crippen LogP contribution in [0.3, 0.4) is 0 Å². The third-order valence-electron chi connectivity index (χ3n) is 5.90. The summed E-state index contributed by atoms with van der Waals surface area (Å²) in [5.41, 5.74) is 3.99. The molecule has 0 bridgehead atoms. The summed E-state index contributed by atoms with van der Waals surface area (Å²) in [5.74, 6) is 1.31. The van der Waals surface area contributed by atoms with Gasteiger partial charge in [0.1, 0.15) is 5.15 Å². The maximum Gasteiger partial charge on any atom is 0.238 e. The first-order chi connectivity index (χ1) is 13.6. The molecule has 7 heteroatoms. The molecule has 1 aliphatic carbocycles. The number of halogens is 1. The van der Waals surface area contributed by atoms with Crippen LogP contribution in [0.25, 0.3) is 10.9 Å². The van der Waals surface area contributed by atoms with E-state index in [0.717, 1.165) is 59.4 Å². The molecule has 0 aromatic carbocycles. The molecule has 0 unspecified atom stereocenters. The molecule has 144 valence electrons. The van der Waals surface area contributed by atoms with E-state index in [9.17, 15) is 4.79 Å². The molecule has 28 heavy (non-hydrogen) atoms. The molecule has 3 aromatic rings. The monoisotopic (exact) mass is 412 g/mol. The lowest BCUT2D eigenvalue weighted by molar-refractivity contribution is -0.120. The number of hydrogen-bond donors (Lipinski definition) is 0. The number of aryl methyl sites for hydroxylation is 1. The van der Waals surface area contributed by atoms with Gasteiger partial charge in [0.05, 0.1) is 35.6 Å². The zero-order valence-corrected chi connectivity index (χ0v) is 17.3. The number of fused-ring (bicyclic) bond motifs is 3. The molecular formula is C21H21ClN4OS. The van der Waals surface area contributed by atoms with Crippen molar-refractivity contribution in [3.05, 3.63) is 53.2 Å². The van der Waals surface area contributed by atoms with E-state index in [-0.39, 0.29) is 11.3 Å². The van der Waals surface area contributed by atoms with Gasteiger partial charge in [-0.15, -0.1) is 0 Å². The summed E-state index contributed by atoms with van der Waals surface area (Å²) in [6.45, 7) is 1.45. The topological polar surface area (TPSA) is 51.0 Å². The number of aromatic nitrogens is 3. The summed E-state index contributed by atoms with van der Waals surface area (Å²) in [4.78, 5) is 23.7. The molecule has 2 aliphatic rings. The second-order valence-electron chi connectivity index (χ2n) is 7.57. The largest absolute Gasteiger partial charge is 0.342 e. The smallest absolute Gasteiger partial charge is 0.238 e. The van der Waals surface area contributed by atoms with Gasteiger partial charge in [0, 0.05) is 23.8 Å². The minimum Gasteiger partial charge on any atom is -0.342 e. The van der Waals surface area contributed by atoms with Gasteiger partial charge < -0.3 is 9.47 Å². The first-order valence-corrected chi connectivity index (χ1v) is 11.3. The standard InChI is InChI=1S/C21H21ClN4OS/c1-28-8-2-7-25-15(9-14-10-19(22)24-12-17(14)25)13-26-18-11-23-6-3-16(18)21(4-5-21)20(26)27/h3,6,9-12H,2,4-5,7-8,13H2,1H3. The summed E-state index contributed by atoms with van der Waals surface area (Å²) in [6, 6.07) is 6.05. The van der Waals surface area contributed by atoms with Crippen LogP contribution < -0.4 is 4.90 Å². The van der Waals surface area contributed by atoms with E-state index in [1.165, 1.54) is 0 Å². The van der Waals surface area contributed by atoms with Crippen LogP contribution in [0.1, 0.15) is 30.5 Å². The highest BCUT2D eigenvalue weighted by Gasteiger charge is 2.59. The average Bonchev–Trinajstić information content (AvgIpc) is 3.39. The Balaban J connectivity index is 1.54. The third kappa shape index (κ3) is 2.73. The van der Waals surface area contributed by atoms with Gasteiger partial charge in [-0.3, -0.25) is 9.78 Å². The Bertz CT molecular complexity index is 1080. The van der Waals surface area contributed by atoms with E-state index in [4.69, 9.17) is 11.6 Å². The van der Waals surface area contributed by atoms with Gasteiger partial charge in [0.15, 0.2) is 0 Å². The normalized spacial score (nSPS) is 16.9. The SMILES string of the molecule is CSCCCn1c(CN2C(=O)C3(CC3)c3ccncc32)cc2cc(Cl)ncc21. The van der Waals surface area contributed by atoms with Crippen LogP contribution in [0.2, 0.25) is 5.15 Å². The summed E-state index contributed by atoms with van der Waals surface area (Å²) in [7, 11) is 0. The fourth-order valence-corrected chi connectivity index (χ4v) is 4.95. The second-order valence-corrected chi connectivity index (χ2v) is 8.94. The Labute approximate surface area is 173 Å². The van der Waals surface area contributed by atoms with Gasteiger partial charge in [-0.05, 0) is 55.0 Å². The Morgan fingerprint density at radius 1 is 1.29 bits per heavy atom. The van der Waals surface area contributed by atoms with Crippen LogP contribution in [0.5, 0.6) is 0 Å². The predicted octanol–water partition coefficient (Wildman–Crippen LogP) is 4.42. The van der Waals surface area contributed by atoms with Gasteiger partial charge >= 0.3 is 0 Å². The number of thioether (sulfide) groups is 1. The van der Waals surface area contributed by atoms with Gasteiger partial charge in [-0.1, -0.05) is 11.6 Å². The fourth-order valence-electron chi connectivity index (χ4n) is 4.37. The van der Waals surface area contributed by atoms with Crippen molar-refractivity contribution in [3.8, 4) is 0 Å². The summed E-state index contributed by atoms with van der Waals surface area (Å²) >= 11 is 7.96.